The van der Waals surface area contributed by atoms with E-state index in [2.05, 4.69) is 15.7 Å². The van der Waals surface area contributed by atoms with Crippen LogP contribution in [0.3, 0.4) is 0 Å². The van der Waals surface area contributed by atoms with Crippen LogP contribution < -0.4 is 15.4 Å². The number of aryl methyl sites for hydroxylation is 1. The summed E-state index contributed by atoms with van der Waals surface area (Å²) in [7, 11) is 0. The topological polar surface area (TPSA) is 98.4 Å². The number of ether oxygens (including phenoxy) is 1. The van der Waals surface area contributed by atoms with Gasteiger partial charge in [0.15, 0.2) is 23.0 Å². The molecule has 0 aliphatic carbocycles. The van der Waals surface area contributed by atoms with Crippen molar-refractivity contribution in [3.63, 3.8) is 0 Å². The lowest BCUT2D eigenvalue weighted by molar-refractivity contribution is 0.0944. The van der Waals surface area contributed by atoms with Crippen LogP contribution >= 0.6 is 0 Å². The largest absolute Gasteiger partial charge is 0.483 e. The predicted molar refractivity (Wildman–Crippen MR) is 112 cm³/mol. The molecule has 170 valence electrons. The molecule has 3 rings (SSSR count). The first kappa shape index (κ1) is 23.0. The Hall–Kier alpha value is -3.69. The van der Waals surface area contributed by atoms with Gasteiger partial charge in [0.1, 0.15) is 18.2 Å². The molecule has 0 aliphatic rings. The number of nitrogens with zero attached hydrogens (tertiary/aromatic N) is 2. The van der Waals surface area contributed by atoms with Crippen LogP contribution in [0.25, 0.3) is 0 Å². The predicted octanol–water partition coefficient (Wildman–Crippen LogP) is 3.99. The smallest absolute Gasteiger partial charge is 0.291 e. The van der Waals surface area contributed by atoms with Crippen molar-refractivity contribution in [1.82, 2.24) is 15.1 Å². The Bertz CT molecular complexity index is 1110. The number of hydrogen-bond donors (Lipinski definition) is 2. The van der Waals surface area contributed by atoms with Gasteiger partial charge in [0, 0.05) is 25.4 Å². The summed E-state index contributed by atoms with van der Waals surface area (Å²) in [5, 5.41) is 9.62. The number of benzene rings is 1. The van der Waals surface area contributed by atoms with Crippen LogP contribution in [0.1, 0.15) is 47.6 Å². The van der Waals surface area contributed by atoms with E-state index in [1.807, 2.05) is 20.8 Å². The highest BCUT2D eigenvalue weighted by Crippen LogP contribution is 2.21. The van der Waals surface area contributed by atoms with Crippen molar-refractivity contribution in [3.05, 3.63) is 65.4 Å². The van der Waals surface area contributed by atoms with Crippen LogP contribution in [0.2, 0.25) is 0 Å². The molecule has 0 bridgehead atoms. The maximum Gasteiger partial charge on any atom is 0.291 e. The van der Waals surface area contributed by atoms with E-state index in [0.29, 0.717) is 19.2 Å². The second-order valence-corrected chi connectivity index (χ2v) is 7.43. The summed E-state index contributed by atoms with van der Waals surface area (Å²) < 4.78 is 38.9. The van der Waals surface area contributed by atoms with E-state index in [4.69, 9.17) is 9.15 Å². The van der Waals surface area contributed by atoms with Crippen molar-refractivity contribution < 1.29 is 27.5 Å². The maximum absolute atomic E-state index is 13.7. The lowest BCUT2D eigenvalue weighted by Crippen LogP contribution is -2.28. The average molecular weight is 446 g/mol. The molecule has 0 spiro atoms. The first-order chi connectivity index (χ1) is 15.3. The molecule has 0 atom stereocenters. The zero-order valence-electron chi connectivity index (χ0n) is 17.9. The molecule has 0 unspecified atom stereocenters. The van der Waals surface area contributed by atoms with Gasteiger partial charge in [0.05, 0.1) is 5.69 Å². The molecule has 8 nitrogen and oxygen atoms in total. The van der Waals surface area contributed by atoms with Crippen molar-refractivity contribution in [2.75, 3.05) is 11.9 Å². The fourth-order valence-electron chi connectivity index (χ4n) is 2.73. The lowest BCUT2D eigenvalue weighted by Gasteiger charge is -2.07. The summed E-state index contributed by atoms with van der Waals surface area (Å²) in [4.78, 5) is 25.1. The number of hydrogen-bond acceptors (Lipinski definition) is 5. The molecule has 1 aromatic carbocycles. The zero-order valence-corrected chi connectivity index (χ0v) is 17.9. The van der Waals surface area contributed by atoms with Crippen LogP contribution in [0.5, 0.6) is 5.75 Å². The van der Waals surface area contributed by atoms with Crippen molar-refractivity contribution >= 4 is 17.5 Å². The quantitative estimate of drug-likeness (QED) is 0.518. The summed E-state index contributed by atoms with van der Waals surface area (Å²) in [6, 6.07) is 5.88. The van der Waals surface area contributed by atoms with Gasteiger partial charge < -0.3 is 19.8 Å². The highest BCUT2D eigenvalue weighted by molar-refractivity contribution is 6.07. The number of nitrogens with one attached hydrogen (secondary N) is 2. The third-order valence-corrected chi connectivity index (χ3v) is 4.37. The third kappa shape index (κ3) is 5.71. The van der Waals surface area contributed by atoms with Gasteiger partial charge in [-0.1, -0.05) is 13.8 Å². The van der Waals surface area contributed by atoms with Gasteiger partial charge in [0.25, 0.3) is 11.8 Å². The van der Waals surface area contributed by atoms with Gasteiger partial charge in [-0.05, 0) is 37.1 Å². The molecule has 3 aromatic rings. The van der Waals surface area contributed by atoms with Crippen LogP contribution in [0, 0.1) is 17.6 Å². The molecule has 2 N–H and O–H groups in total. The summed E-state index contributed by atoms with van der Waals surface area (Å²) >= 11 is 0. The minimum atomic E-state index is -0.842. The number of amides is 2. The molecule has 0 aliphatic heterocycles. The minimum absolute atomic E-state index is 0.0269. The minimum Gasteiger partial charge on any atom is -0.483 e. The molecule has 0 saturated heterocycles. The van der Waals surface area contributed by atoms with E-state index >= 15 is 0 Å². The Balaban J connectivity index is 1.67. The molecule has 2 aromatic heterocycles. The number of furan rings is 1. The van der Waals surface area contributed by atoms with E-state index in [-0.39, 0.29) is 41.2 Å². The van der Waals surface area contributed by atoms with Gasteiger partial charge in [-0.3, -0.25) is 14.3 Å². The molecule has 10 heteroatoms. The molecule has 0 radical (unpaired) electrons. The molecular formula is C22H24F2N4O4. The van der Waals surface area contributed by atoms with Gasteiger partial charge in [-0.15, -0.1) is 0 Å². The number of carbonyl (C=O) groups is 2. The fraction of sp³-hybridized carbons (Fsp3) is 0.318. The molecule has 0 fully saturated rings. The third-order valence-electron chi connectivity index (χ3n) is 4.37. The Morgan fingerprint density at radius 3 is 2.66 bits per heavy atom. The average Bonchev–Trinajstić information content (AvgIpc) is 3.38. The van der Waals surface area contributed by atoms with Crippen LogP contribution in [0.15, 0.2) is 40.9 Å². The van der Waals surface area contributed by atoms with Crippen molar-refractivity contribution in [3.8, 4) is 5.75 Å². The highest BCUT2D eigenvalue weighted by atomic mass is 19.1. The number of rotatable bonds is 9. The zero-order chi connectivity index (χ0) is 23.3. The Labute approximate surface area is 183 Å². The first-order valence-corrected chi connectivity index (χ1v) is 10.1. The van der Waals surface area contributed by atoms with Crippen molar-refractivity contribution in [2.24, 2.45) is 5.92 Å². The summed E-state index contributed by atoms with van der Waals surface area (Å²) in [6.07, 6.45) is 1.56. The SMILES string of the molecule is CCn1cc(NC(=O)c2ccc(COc3ccc(F)cc3F)o2)c(C(=O)NCC(C)C)n1. The van der Waals surface area contributed by atoms with Gasteiger partial charge >= 0.3 is 0 Å². The molecule has 32 heavy (non-hydrogen) atoms. The van der Waals surface area contributed by atoms with Crippen LogP contribution in [-0.4, -0.2) is 28.1 Å². The van der Waals surface area contributed by atoms with Crippen LogP contribution in [0.4, 0.5) is 14.5 Å². The normalized spacial score (nSPS) is 10.9. The maximum atomic E-state index is 13.7. The molecular weight excluding hydrogens is 422 g/mol. The van der Waals surface area contributed by atoms with E-state index in [1.54, 1.807) is 10.9 Å². The van der Waals surface area contributed by atoms with E-state index in [9.17, 15) is 18.4 Å². The number of carbonyl (C=O) groups excluding carboxylic acids is 2. The Kier molecular flexibility index (Phi) is 7.24. The lowest BCUT2D eigenvalue weighted by atomic mass is 10.2. The summed E-state index contributed by atoms with van der Waals surface area (Å²) in [5.41, 5.74) is 0.350. The first-order valence-electron chi connectivity index (χ1n) is 10.1. The summed E-state index contributed by atoms with van der Waals surface area (Å²) in [6.45, 7) is 6.63. The monoisotopic (exact) mass is 446 g/mol. The van der Waals surface area contributed by atoms with Crippen molar-refractivity contribution in [2.45, 2.75) is 33.9 Å². The summed E-state index contributed by atoms with van der Waals surface area (Å²) in [5.74, 6) is -2.18. The molecule has 0 saturated carbocycles. The molecule has 2 heterocycles. The van der Waals surface area contributed by atoms with Crippen LogP contribution in [-0.2, 0) is 13.2 Å². The standard InChI is InChI=1S/C22H24F2N4O4/c1-4-28-11-17(20(27-28)22(30)25-10-13(2)3)26-21(29)19-8-6-15(32-19)12-31-18-7-5-14(23)9-16(18)24/h5-9,11,13H,4,10,12H2,1-3H3,(H,25,30)(H,26,29). The Morgan fingerprint density at radius 2 is 1.97 bits per heavy atom. The fourth-order valence-corrected chi connectivity index (χ4v) is 2.73. The molecule has 2 amide bonds. The second kappa shape index (κ2) is 10.1. The van der Waals surface area contributed by atoms with Gasteiger partial charge in [-0.25, -0.2) is 8.78 Å². The Morgan fingerprint density at radius 1 is 1.19 bits per heavy atom. The number of anilines is 1. The van der Waals surface area contributed by atoms with Gasteiger partial charge in [-0.2, -0.15) is 5.10 Å². The van der Waals surface area contributed by atoms with Crippen molar-refractivity contribution in [1.29, 1.82) is 0 Å². The van der Waals surface area contributed by atoms with E-state index in [1.165, 1.54) is 18.2 Å². The van der Waals surface area contributed by atoms with Gasteiger partial charge in [0.2, 0.25) is 0 Å². The van der Waals surface area contributed by atoms with E-state index in [0.717, 1.165) is 6.07 Å². The highest BCUT2D eigenvalue weighted by Gasteiger charge is 2.21. The second-order valence-electron chi connectivity index (χ2n) is 7.43. The van der Waals surface area contributed by atoms with E-state index < -0.39 is 23.4 Å². The number of halogens is 2. The number of aromatic nitrogens is 2.